The molecule has 3 heteroatoms. The van der Waals surface area contributed by atoms with E-state index in [2.05, 4.69) is 25.2 Å². The van der Waals surface area contributed by atoms with Gasteiger partial charge in [-0.15, -0.1) is 0 Å². The zero-order valence-corrected chi connectivity index (χ0v) is 13.8. The van der Waals surface area contributed by atoms with Crippen molar-refractivity contribution in [1.82, 2.24) is 5.32 Å². The molecule has 2 aliphatic rings. The fourth-order valence-electron chi connectivity index (χ4n) is 3.42. The predicted octanol–water partition coefficient (Wildman–Crippen LogP) is 5.05. The molecule has 0 bridgehead atoms. The topological polar surface area (TPSA) is 12.0 Å². The maximum atomic E-state index is 6.47. The maximum Gasteiger partial charge on any atom is 0.0458 e. The minimum absolute atomic E-state index is 0.221. The van der Waals surface area contributed by atoms with E-state index in [1.54, 1.807) is 0 Å². The van der Waals surface area contributed by atoms with Gasteiger partial charge < -0.3 is 5.32 Å². The standard InChI is InChI=1S/C17H23Cl2N/c1-11(2)12-8-17(9-12,10-20-14-4-5-14)15-6-3-13(18)7-16(15)19/h3,6-7,11-12,14,20H,4-5,8-10H2,1-2H3. The van der Waals surface area contributed by atoms with Gasteiger partial charge in [0.2, 0.25) is 0 Å². The van der Waals surface area contributed by atoms with Crippen LogP contribution in [0.5, 0.6) is 0 Å². The van der Waals surface area contributed by atoms with Gasteiger partial charge in [-0.2, -0.15) is 0 Å². The third-order valence-electron chi connectivity index (χ3n) is 5.06. The van der Waals surface area contributed by atoms with Crippen LogP contribution in [0, 0.1) is 11.8 Å². The Hall–Kier alpha value is -0.240. The number of halogens is 2. The van der Waals surface area contributed by atoms with Gasteiger partial charge in [0.1, 0.15) is 0 Å². The van der Waals surface area contributed by atoms with Crippen molar-refractivity contribution in [3.8, 4) is 0 Å². The van der Waals surface area contributed by atoms with Gasteiger partial charge in [-0.1, -0.05) is 43.1 Å². The summed E-state index contributed by atoms with van der Waals surface area (Å²) in [6.07, 6.45) is 5.15. The zero-order valence-electron chi connectivity index (χ0n) is 12.3. The summed E-state index contributed by atoms with van der Waals surface area (Å²) in [4.78, 5) is 0. The van der Waals surface area contributed by atoms with Crippen LogP contribution < -0.4 is 5.32 Å². The fourth-order valence-corrected chi connectivity index (χ4v) is 4.03. The summed E-state index contributed by atoms with van der Waals surface area (Å²) in [7, 11) is 0. The summed E-state index contributed by atoms with van der Waals surface area (Å²) in [6, 6.07) is 6.75. The van der Waals surface area contributed by atoms with Gasteiger partial charge in [0.05, 0.1) is 0 Å². The SMILES string of the molecule is CC(C)C1CC(CNC2CC2)(c2ccc(Cl)cc2Cl)C1. The van der Waals surface area contributed by atoms with Crippen molar-refractivity contribution < 1.29 is 0 Å². The van der Waals surface area contributed by atoms with Crippen molar-refractivity contribution in [2.24, 2.45) is 11.8 Å². The molecule has 3 rings (SSSR count). The summed E-state index contributed by atoms with van der Waals surface area (Å²) in [5.41, 5.74) is 1.51. The lowest BCUT2D eigenvalue weighted by atomic mass is 9.56. The molecule has 0 unspecified atom stereocenters. The van der Waals surface area contributed by atoms with Crippen LogP contribution in [0.15, 0.2) is 18.2 Å². The van der Waals surface area contributed by atoms with Crippen LogP contribution in [0.25, 0.3) is 0 Å². The van der Waals surface area contributed by atoms with E-state index in [-0.39, 0.29) is 5.41 Å². The summed E-state index contributed by atoms with van der Waals surface area (Å²) in [6.45, 7) is 5.71. The molecule has 2 aliphatic carbocycles. The highest BCUT2D eigenvalue weighted by Crippen LogP contribution is 2.52. The molecule has 2 fully saturated rings. The van der Waals surface area contributed by atoms with Crippen LogP contribution in [0.4, 0.5) is 0 Å². The average Bonchev–Trinajstić information content (AvgIpc) is 3.12. The number of rotatable bonds is 5. The summed E-state index contributed by atoms with van der Waals surface area (Å²) in [5, 5.41) is 5.26. The van der Waals surface area contributed by atoms with Crippen LogP contribution in [0.1, 0.15) is 45.1 Å². The highest BCUT2D eigenvalue weighted by atomic mass is 35.5. The van der Waals surface area contributed by atoms with Crippen LogP contribution >= 0.6 is 23.2 Å². The van der Waals surface area contributed by atoms with Crippen LogP contribution in [0.3, 0.4) is 0 Å². The number of benzene rings is 1. The van der Waals surface area contributed by atoms with Gasteiger partial charge in [0.25, 0.3) is 0 Å². The van der Waals surface area contributed by atoms with Crippen LogP contribution in [-0.4, -0.2) is 12.6 Å². The van der Waals surface area contributed by atoms with E-state index >= 15 is 0 Å². The zero-order chi connectivity index (χ0) is 14.3. The molecule has 0 radical (unpaired) electrons. The van der Waals surface area contributed by atoms with Crippen molar-refractivity contribution in [3.05, 3.63) is 33.8 Å². The van der Waals surface area contributed by atoms with Crippen molar-refractivity contribution >= 4 is 23.2 Å². The van der Waals surface area contributed by atoms with Gasteiger partial charge in [0, 0.05) is 28.0 Å². The lowest BCUT2D eigenvalue weighted by Gasteiger charge is -2.50. The Morgan fingerprint density at radius 1 is 1.25 bits per heavy atom. The molecule has 1 nitrogen and oxygen atoms in total. The highest BCUT2D eigenvalue weighted by molar-refractivity contribution is 6.35. The summed E-state index contributed by atoms with van der Waals surface area (Å²) in [5.74, 6) is 1.58. The van der Waals surface area contributed by atoms with Gasteiger partial charge in [-0.05, 0) is 55.2 Å². The minimum Gasteiger partial charge on any atom is -0.313 e. The van der Waals surface area contributed by atoms with Crippen LogP contribution in [0.2, 0.25) is 10.0 Å². The molecule has 0 aromatic heterocycles. The van der Waals surface area contributed by atoms with E-state index < -0.39 is 0 Å². The molecule has 1 N–H and O–H groups in total. The molecular formula is C17H23Cl2N. The first kappa shape index (κ1) is 14.7. The molecule has 110 valence electrons. The molecule has 0 saturated heterocycles. The van der Waals surface area contributed by atoms with E-state index in [4.69, 9.17) is 23.2 Å². The Morgan fingerprint density at radius 3 is 2.50 bits per heavy atom. The van der Waals surface area contributed by atoms with Gasteiger partial charge in [0.15, 0.2) is 0 Å². The van der Waals surface area contributed by atoms with Crippen LogP contribution in [-0.2, 0) is 5.41 Å². The molecule has 2 saturated carbocycles. The van der Waals surface area contributed by atoms with E-state index in [0.29, 0.717) is 0 Å². The first-order valence-electron chi connectivity index (χ1n) is 7.69. The number of hydrogen-bond acceptors (Lipinski definition) is 1. The first-order chi connectivity index (χ1) is 9.50. The Balaban J connectivity index is 1.81. The van der Waals surface area contributed by atoms with Gasteiger partial charge in [-0.25, -0.2) is 0 Å². The van der Waals surface area contributed by atoms with E-state index in [0.717, 1.165) is 34.5 Å². The average molecular weight is 312 g/mol. The monoisotopic (exact) mass is 311 g/mol. The third kappa shape index (κ3) is 2.86. The van der Waals surface area contributed by atoms with Crippen molar-refractivity contribution in [2.75, 3.05) is 6.54 Å². The predicted molar refractivity (Wildman–Crippen MR) is 86.7 cm³/mol. The van der Waals surface area contributed by atoms with E-state index in [1.165, 1.54) is 31.2 Å². The quantitative estimate of drug-likeness (QED) is 0.802. The molecule has 0 amide bonds. The third-order valence-corrected chi connectivity index (χ3v) is 5.61. The molecule has 0 spiro atoms. The number of nitrogens with one attached hydrogen (secondary N) is 1. The summed E-state index contributed by atoms with van der Waals surface area (Å²) < 4.78 is 0. The molecule has 0 atom stereocenters. The Morgan fingerprint density at radius 2 is 1.95 bits per heavy atom. The minimum atomic E-state index is 0.221. The number of hydrogen-bond donors (Lipinski definition) is 1. The lowest BCUT2D eigenvalue weighted by molar-refractivity contribution is 0.0974. The second-order valence-electron chi connectivity index (χ2n) is 6.97. The maximum absolute atomic E-state index is 6.47. The Kier molecular flexibility index (Phi) is 4.05. The molecule has 1 aromatic rings. The van der Waals surface area contributed by atoms with E-state index in [1.807, 2.05) is 12.1 Å². The van der Waals surface area contributed by atoms with E-state index in [9.17, 15) is 0 Å². The molecule has 0 aliphatic heterocycles. The molecule has 1 aromatic carbocycles. The largest absolute Gasteiger partial charge is 0.313 e. The first-order valence-corrected chi connectivity index (χ1v) is 8.45. The van der Waals surface area contributed by atoms with Crippen molar-refractivity contribution in [1.29, 1.82) is 0 Å². The highest BCUT2D eigenvalue weighted by Gasteiger charge is 2.47. The summed E-state index contributed by atoms with van der Waals surface area (Å²) >= 11 is 12.5. The second kappa shape index (κ2) is 5.51. The Labute approximate surface area is 132 Å². The molecular weight excluding hydrogens is 289 g/mol. The fraction of sp³-hybridized carbons (Fsp3) is 0.647. The Bertz CT molecular complexity index is 482. The molecule has 20 heavy (non-hydrogen) atoms. The molecule has 0 heterocycles. The van der Waals surface area contributed by atoms with Gasteiger partial charge in [-0.3, -0.25) is 0 Å². The smallest absolute Gasteiger partial charge is 0.0458 e. The van der Waals surface area contributed by atoms with Crippen molar-refractivity contribution in [3.63, 3.8) is 0 Å². The lowest BCUT2D eigenvalue weighted by Crippen LogP contribution is -2.50. The second-order valence-corrected chi connectivity index (χ2v) is 7.82. The van der Waals surface area contributed by atoms with Crippen molar-refractivity contribution in [2.45, 2.75) is 51.0 Å². The van der Waals surface area contributed by atoms with Gasteiger partial charge >= 0.3 is 0 Å². The normalized spacial score (nSPS) is 29.6.